The van der Waals surface area contributed by atoms with Gasteiger partial charge in [0.15, 0.2) is 0 Å². The van der Waals surface area contributed by atoms with Gasteiger partial charge in [0.05, 0.1) is 0 Å². The maximum absolute atomic E-state index is 2.44. The van der Waals surface area contributed by atoms with Crippen molar-refractivity contribution in [2.24, 2.45) is 5.41 Å². The normalized spacial score (nSPS) is 20.5. The molecule has 0 bridgehead atoms. The van der Waals surface area contributed by atoms with Gasteiger partial charge in [-0.15, -0.1) is 0 Å². The first-order valence-corrected chi connectivity index (χ1v) is 10.3. The van der Waals surface area contributed by atoms with Crippen LogP contribution in [-0.4, -0.2) is 10.6 Å². The van der Waals surface area contributed by atoms with Gasteiger partial charge in [-0.1, -0.05) is 68.4 Å². The molecule has 0 unspecified atom stereocenters. The molecule has 134 valence electrons. The van der Waals surface area contributed by atoms with Crippen molar-refractivity contribution in [1.29, 1.82) is 0 Å². The van der Waals surface area contributed by atoms with E-state index >= 15 is 0 Å². The van der Waals surface area contributed by atoms with Crippen LogP contribution in [0.2, 0.25) is 0 Å². The van der Waals surface area contributed by atoms with Gasteiger partial charge in [0.2, 0.25) is 0 Å². The standard InChI is InChI=1S/C21H22P2.2ClH.Zr/c1-5-15-19(13-9-7-11-17(13)22-15)21(3,4)20-14-10-8-12-18(14)23-16(20)6-2;;;/h7-12H,5-6H2,1-4H3;2*1H;/q;;;+2/p-2. The van der Waals surface area contributed by atoms with Crippen molar-refractivity contribution < 1.29 is 51.0 Å². The van der Waals surface area contributed by atoms with Crippen LogP contribution in [-0.2, 0) is 26.2 Å². The van der Waals surface area contributed by atoms with Crippen molar-refractivity contribution in [1.82, 2.24) is 0 Å². The monoisotopic (exact) mass is 496 g/mol. The quantitative estimate of drug-likeness (QED) is 0.499. The van der Waals surface area contributed by atoms with Crippen molar-refractivity contribution >= 4 is 27.0 Å². The molecule has 4 aliphatic rings. The Morgan fingerprint density at radius 2 is 1.15 bits per heavy atom. The minimum absolute atomic E-state index is 0. The van der Waals surface area contributed by atoms with Crippen molar-refractivity contribution in [2.75, 3.05) is 0 Å². The van der Waals surface area contributed by atoms with Crippen LogP contribution in [0.1, 0.15) is 40.5 Å². The van der Waals surface area contributed by atoms with E-state index < -0.39 is 0 Å². The Bertz CT molecular complexity index is 792. The van der Waals surface area contributed by atoms with Crippen molar-refractivity contribution in [2.45, 2.75) is 40.5 Å². The average molecular weight is 498 g/mol. The van der Waals surface area contributed by atoms with Gasteiger partial charge in [-0.2, -0.15) is 0 Å². The summed E-state index contributed by atoms with van der Waals surface area (Å²) >= 11 is 0. The summed E-state index contributed by atoms with van der Waals surface area (Å²) in [4.78, 5) is 0. The second-order valence-electron chi connectivity index (χ2n) is 6.85. The first-order chi connectivity index (χ1) is 11.1. The molecular formula is C21H22Cl2P2Zr. The Kier molecular flexibility index (Phi) is 8.56. The zero-order valence-electron chi connectivity index (χ0n) is 15.5. The first kappa shape index (κ1) is 24.3. The first-order valence-electron chi connectivity index (χ1n) is 8.50. The molecule has 0 N–H and O–H groups in total. The maximum atomic E-state index is 2.44. The van der Waals surface area contributed by atoms with E-state index in [1.165, 1.54) is 38.2 Å². The Labute approximate surface area is 192 Å². The summed E-state index contributed by atoms with van der Waals surface area (Å²) in [5, 5.41) is 6.23. The number of allylic oxidation sites excluding steroid dienone is 12. The van der Waals surface area contributed by atoms with Crippen LogP contribution >= 0.6 is 16.4 Å². The summed E-state index contributed by atoms with van der Waals surface area (Å²) in [6, 6.07) is 0. The molecule has 0 aromatic rings. The van der Waals surface area contributed by atoms with E-state index in [4.69, 9.17) is 0 Å². The third-order valence-corrected chi connectivity index (χ3v) is 8.01. The van der Waals surface area contributed by atoms with Crippen molar-refractivity contribution in [3.8, 4) is 0 Å². The molecule has 0 spiro atoms. The molecule has 5 heteroatoms. The van der Waals surface area contributed by atoms with Crippen molar-refractivity contribution in [3.63, 3.8) is 0 Å². The SMILES string of the molecule is CCC1=PC2=CC=CC2=C1C(C)(C)C1=C2C=CC=C2P=C1CC.[Cl-].[Cl-].[Zr+2]. The fraction of sp³-hybridized carbons (Fsp3) is 0.333. The van der Waals surface area contributed by atoms with Gasteiger partial charge < -0.3 is 24.8 Å². The van der Waals surface area contributed by atoms with Gasteiger partial charge in [-0.25, -0.2) is 0 Å². The van der Waals surface area contributed by atoms with Crippen LogP contribution in [0.5, 0.6) is 0 Å². The topological polar surface area (TPSA) is 0 Å². The Hall–Kier alpha value is 0.243. The van der Waals surface area contributed by atoms with E-state index in [1.54, 1.807) is 21.7 Å². The summed E-state index contributed by atoms with van der Waals surface area (Å²) in [7, 11) is 2.86. The van der Waals surface area contributed by atoms with Gasteiger partial charge >= 0.3 is 26.2 Å². The van der Waals surface area contributed by atoms with Crippen LogP contribution < -0.4 is 24.8 Å². The van der Waals surface area contributed by atoms with Crippen LogP contribution in [0.25, 0.3) is 0 Å². The molecule has 2 aliphatic carbocycles. The predicted octanol–water partition coefficient (Wildman–Crippen LogP) is 0.603. The fourth-order valence-corrected chi connectivity index (χ4v) is 7.04. The van der Waals surface area contributed by atoms with E-state index in [-0.39, 0.29) is 56.4 Å². The molecule has 0 saturated carbocycles. The van der Waals surface area contributed by atoms with Gasteiger partial charge in [0.1, 0.15) is 0 Å². The third-order valence-electron chi connectivity index (χ3n) is 5.13. The minimum Gasteiger partial charge on any atom is -1.00 e. The Morgan fingerprint density at radius 3 is 1.50 bits per heavy atom. The fourth-order valence-electron chi connectivity index (χ4n) is 4.18. The number of hydrogen-bond acceptors (Lipinski definition) is 0. The molecule has 0 saturated heterocycles. The van der Waals surface area contributed by atoms with Gasteiger partial charge in [0.25, 0.3) is 0 Å². The molecule has 0 aromatic carbocycles. The van der Waals surface area contributed by atoms with Crippen LogP contribution in [0.15, 0.2) is 69.4 Å². The molecule has 0 fully saturated rings. The number of halogens is 2. The molecule has 0 aromatic heterocycles. The summed E-state index contributed by atoms with van der Waals surface area (Å²) in [5.41, 5.74) is 6.25. The number of hydrogen-bond donors (Lipinski definition) is 0. The van der Waals surface area contributed by atoms with E-state index in [0.29, 0.717) is 0 Å². The smallest absolute Gasteiger partial charge is 1.00 e. The predicted molar refractivity (Wildman–Crippen MR) is 107 cm³/mol. The molecule has 0 nitrogen and oxygen atoms in total. The summed E-state index contributed by atoms with van der Waals surface area (Å²) in [6.45, 7) is 9.50. The van der Waals surface area contributed by atoms with Crippen LogP contribution in [0, 0.1) is 5.41 Å². The summed E-state index contributed by atoms with van der Waals surface area (Å²) < 4.78 is 0. The Balaban J connectivity index is 0.00000113. The largest absolute Gasteiger partial charge is 2.00 e. The zero-order chi connectivity index (χ0) is 16.2. The van der Waals surface area contributed by atoms with Gasteiger partial charge in [0, 0.05) is 16.0 Å². The van der Waals surface area contributed by atoms with Crippen LogP contribution in [0.4, 0.5) is 0 Å². The van der Waals surface area contributed by atoms with E-state index in [2.05, 4.69) is 64.2 Å². The van der Waals surface area contributed by atoms with Crippen molar-refractivity contribution in [3.05, 3.63) is 69.4 Å². The second kappa shape index (κ2) is 9.16. The molecule has 0 amide bonds. The van der Waals surface area contributed by atoms with E-state index in [0.717, 1.165) is 12.8 Å². The molecule has 0 atom stereocenters. The molecule has 4 rings (SSSR count). The van der Waals surface area contributed by atoms with Crippen LogP contribution in [0.3, 0.4) is 0 Å². The zero-order valence-corrected chi connectivity index (χ0v) is 21.3. The number of fused-ring (bicyclic) bond motifs is 2. The Morgan fingerprint density at radius 1 is 0.769 bits per heavy atom. The molecular weight excluding hydrogens is 476 g/mol. The van der Waals surface area contributed by atoms with Gasteiger partial charge in [-0.3, -0.25) is 0 Å². The number of rotatable bonds is 4. The minimum atomic E-state index is 0. The third kappa shape index (κ3) is 3.61. The van der Waals surface area contributed by atoms with E-state index in [9.17, 15) is 0 Å². The molecule has 2 aliphatic heterocycles. The second-order valence-corrected chi connectivity index (χ2v) is 9.34. The summed E-state index contributed by atoms with van der Waals surface area (Å²) in [5.74, 6) is 0. The molecule has 2 heterocycles. The van der Waals surface area contributed by atoms with E-state index in [1.807, 2.05) is 0 Å². The maximum Gasteiger partial charge on any atom is 2.00 e. The average Bonchev–Trinajstić information content (AvgIpc) is 3.24. The molecule has 26 heavy (non-hydrogen) atoms. The molecule has 0 radical (unpaired) electrons. The summed E-state index contributed by atoms with van der Waals surface area (Å²) in [6.07, 6.45) is 16.0. The van der Waals surface area contributed by atoms with Gasteiger partial charge in [-0.05, 0) is 57.9 Å².